The van der Waals surface area contributed by atoms with E-state index in [2.05, 4.69) is 26.7 Å². The Morgan fingerprint density at radius 3 is 2.75 bits per heavy atom. The van der Waals surface area contributed by atoms with E-state index in [4.69, 9.17) is 16.3 Å². The molecule has 3 aromatic rings. The van der Waals surface area contributed by atoms with Crippen molar-refractivity contribution in [3.63, 3.8) is 0 Å². The lowest BCUT2D eigenvalue weighted by molar-refractivity contribution is 0.102. The Morgan fingerprint density at radius 2 is 2.00 bits per heavy atom. The van der Waals surface area contributed by atoms with Crippen LogP contribution in [0.15, 0.2) is 48.7 Å². The number of para-hydroxylation sites is 1. The molecule has 0 saturated heterocycles. The lowest BCUT2D eigenvalue weighted by Gasteiger charge is -2.12. The summed E-state index contributed by atoms with van der Waals surface area (Å²) in [6, 6.07) is 13.9. The number of aryl methyl sites for hydroxylation is 1. The number of nitrogens with zero attached hydrogens (tertiary/aromatic N) is 3. The highest BCUT2D eigenvalue weighted by Gasteiger charge is 2.14. The van der Waals surface area contributed by atoms with Gasteiger partial charge >= 0.3 is 0 Å². The van der Waals surface area contributed by atoms with Gasteiger partial charge in [0.15, 0.2) is 0 Å². The highest BCUT2D eigenvalue weighted by Crippen LogP contribution is 2.31. The fourth-order valence-corrected chi connectivity index (χ4v) is 2.63. The molecular formula is C20H16ClN5O2. The van der Waals surface area contributed by atoms with Gasteiger partial charge in [-0.1, -0.05) is 23.7 Å². The molecule has 8 heteroatoms. The Kier molecular flexibility index (Phi) is 5.72. The van der Waals surface area contributed by atoms with Gasteiger partial charge in [-0.05, 0) is 36.8 Å². The lowest BCUT2D eigenvalue weighted by atomic mass is 10.2. The van der Waals surface area contributed by atoms with E-state index in [-0.39, 0.29) is 11.6 Å². The summed E-state index contributed by atoms with van der Waals surface area (Å²) in [5.41, 5.74) is 2.44. The minimum Gasteiger partial charge on any atom is -0.495 e. The molecule has 1 amide bonds. The van der Waals surface area contributed by atoms with Crippen LogP contribution in [-0.4, -0.2) is 23.0 Å². The number of rotatable bonds is 5. The average molecular weight is 394 g/mol. The fraction of sp³-hybridized carbons (Fsp3) is 0.100. The summed E-state index contributed by atoms with van der Waals surface area (Å²) in [4.78, 5) is 21.0. The number of hydrogen-bond acceptors (Lipinski definition) is 6. The minimum absolute atomic E-state index is 0.154. The van der Waals surface area contributed by atoms with Crippen LogP contribution in [0.25, 0.3) is 0 Å². The topological polar surface area (TPSA) is 99.9 Å². The SMILES string of the molecule is COc1cc(Cl)c(C)cc1NC(=O)c1ccnc(Nc2ccccc2C#N)n1. The van der Waals surface area contributed by atoms with E-state index < -0.39 is 5.91 Å². The van der Waals surface area contributed by atoms with Crippen LogP contribution in [0.4, 0.5) is 17.3 Å². The Balaban J connectivity index is 1.83. The van der Waals surface area contributed by atoms with Crippen LogP contribution in [0.2, 0.25) is 5.02 Å². The summed E-state index contributed by atoms with van der Waals surface area (Å²) < 4.78 is 5.27. The van der Waals surface area contributed by atoms with Gasteiger partial charge in [0.25, 0.3) is 5.91 Å². The second-order valence-electron chi connectivity index (χ2n) is 5.80. The molecule has 0 spiro atoms. The van der Waals surface area contributed by atoms with Crippen molar-refractivity contribution in [2.24, 2.45) is 0 Å². The van der Waals surface area contributed by atoms with Crippen molar-refractivity contribution >= 4 is 34.8 Å². The van der Waals surface area contributed by atoms with Gasteiger partial charge in [-0.2, -0.15) is 5.26 Å². The number of hydrogen-bond donors (Lipinski definition) is 2. The van der Waals surface area contributed by atoms with Crippen molar-refractivity contribution in [1.82, 2.24) is 9.97 Å². The summed E-state index contributed by atoms with van der Waals surface area (Å²) >= 11 is 6.10. The Morgan fingerprint density at radius 1 is 1.21 bits per heavy atom. The van der Waals surface area contributed by atoms with Gasteiger partial charge in [0.05, 0.1) is 24.0 Å². The first-order valence-electron chi connectivity index (χ1n) is 8.26. The van der Waals surface area contributed by atoms with Gasteiger partial charge in [-0.3, -0.25) is 4.79 Å². The number of carbonyl (C=O) groups excluding carboxylic acids is 1. The summed E-state index contributed by atoms with van der Waals surface area (Å²) in [5, 5.41) is 15.4. The van der Waals surface area contributed by atoms with Crippen LogP contribution in [0.3, 0.4) is 0 Å². The number of amides is 1. The number of aromatic nitrogens is 2. The third-order valence-corrected chi connectivity index (χ3v) is 4.32. The normalized spacial score (nSPS) is 10.1. The quantitative estimate of drug-likeness (QED) is 0.669. The number of ether oxygens (including phenoxy) is 1. The second kappa shape index (κ2) is 8.37. The third-order valence-electron chi connectivity index (χ3n) is 3.91. The number of methoxy groups -OCH3 is 1. The highest BCUT2D eigenvalue weighted by molar-refractivity contribution is 6.31. The van der Waals surface area contributed by atoms with Crippen LogP contribution in [0.1, 0.15) is 21.6 Å². The first-order chi connectivity index (χ1) is 13.5. The maximum atomic E-state index is 12.6. The summed E-state index contributed by atoms with van der Waals surface area (Å²) in [6.45, 7) is 1.83. The van der Waals surface area contributed by atoms with E-state index in [0.717, 1.165) is 5.56 Å². The first kappa shape index (κ1) is 19.1. The van der Waals surface area contributed by atoms with Crippen LogP contribution >= 0.6 is 11.6 Å². The van der Waals surface area contributed by atoms with E-state index in [1.54, 1.807) is 36.4 Å². The number of carbonyl (C=O) groups is 1. The van der Waals surface area contributed by atoms with Crippen molar-refractivity contribution in [3.8, 4) is 11.8 Å². The van der Waals surface area contributed by atoms with Crippen LogP contribution in [-0.2, 0) is 0 Å². The van der Waals surface area contributed by atoms with Crippen LogP contribution in [0, 0.1) is 18.3 Å². The van der Waals surface area contributed by atoms with Gasteiger partial charge in [0.1, 0.15) is 17.5 Å². The number of nitrogens with one attached hydrogen (secondary N) is 2. The number of halogens is 1. The molecule has 3 rings (SSSR count). The third kappa shape index (κ3) is 4.19. The largest absolute Gasteiger partial charge is 0.495 e. The summed E-state index contributed by atoms with van der Waals surface area (Å²) in [7, 11) is 1.50. The zero-order chi connectivity index (χ0) is 20.1. The van der Waals surface area contributed by atoms with E-state index in [1.165, 1.54) is 19.4 Å². The fourth-order valence-electron chi connectivity index (χ4n) is 2.47. The molecule has 0 radical (unpaired) electrons. The molecule has 0 atom stereocenters. The molecule has 0 bridgehead atoms. The van der Waals surface area contributed by atoms with Gasteiger partial charge in [-0.15, -0.1) is 0 Å². The van der Waals surface area contributed by atoms with Crippen LogP contribution in [0.5, 0.6) is 5.75 Å². The first-order valence-corrected chi connectivity index (χ1v) is 8.64. The minimum atomic E-state index is -0.431. The standard InChI is InChI=1S/C20H16ClN5O2/c1-12-9-17(18(28-2)10-14(12)21)24-19(27)16-7-8-23-20(26-16)25-15-6-4-3-5-13(15)11-22/h3-10H,1-2H3,(H,24,27)(H,23,25,26). The predicted octanol–water partition coefficient (Wildman–Crippen LogP) is 4.31. The van der Waals surface area contributed by atoms with Crippen molar-refractivity contribution in [2.45, 2.75) is 6.92 Å². The average Bonchev–Trinajstić information content (AvgIpc) is 2.71. The highest BCUT2D eigenvalue weighted by atomic mass is 35.5. The molecule has 0 fully saturated rings. The van der Waals surface area contributed by atoms with Crippen molar-refractivity contribution < 1.29 is 9.53 Å². The molecule has 7 nitrogen and oxygen atoms in total. The molecule has 0 aliphatic rings. The molecule has 0 aliphatic carbocycles. The molecule has 2 aromatic carbocycles. The van der Waals surface area contributed by atoms with Crippen molar-refractivity contribution in [2.75, 3.05) is 17.7 Å². The Labute approximate surface area is 167 Å². The smallest absolute Gasteiger partial charge is 0.274 e. The Bertz CT molecular complexity index is 1080. The van der Waals surface area contributed by atoms with Crippen molar-refractivity contribution in [3.05, 3.63) is 70.5 Å². The van der Waals surface area contributed by atoms with E-state index in [9.17, 15) is 10.1 Å². The maximum Gasteiger partial charge on any atom is 0.274 e. The van der Waals surface area contributed by atoms with Gasteiger partial charge in [0, 0.05) is 17.3 Å². The van der Waals surface area contributed by atoms with Crippen LogP contribution < -0.4 is 15.4 Å². The Hall–Kier alpha value is -3.63. The molecule has 0 aliphatic heterocycles. The summed E-state index contributed by atoms with van der Waals surface area (Å²) in [5.74, 6) is 0.216. The lowest BCUT2D eigenvalue weighted by Crippen LogP contribution is -2.15. The molecular weight excluding hydrogens is 378 g/mol. The van der Waals surface area contributed by atoms with Gasteiger partial charge < -0.3 is 15.4 Å². The molecule has 1 aromatic heterocycles. The second-order valence-corrected chi connectivity index (χ2v) is 6.21. The zero-order valence-corrected chi connectivity index (χ0v) is 15.9. The van der Waals surface area contributed by atoms with Gasteiger partial charge in [-0.25, -0.2) is 9.97 Å². The van der Waals surface area contributed by atoms with E-state index in [1.807, 2.05) is 6.92 Å². The number of benzene rings is 2. The molecule has 0 saturated carbocycles. The molecule has 28 heavy (non-hydrogen) atoms. The molecule has 2 N–H and O–H groups in total. The van der Waals surface area contributed by atoms with E-state index >= 15 is 0 Å². The zero-order valence-electron chi connectivity index (χ0n) is 15.2. The molecule has 1 heterocycles. The number of anilines is 3. The monoisotopic (exact) mass is 393 g/mol. The van der Waals surface area contributed by atoms with E-state index in [0.29, 0.717) is 27.7 Å². The number of nitriles is 1. The molecule has 140 valence electrons. The van der Waals surface area contributed by atoms with Crippen molar-refractivity contribution in [1.29, 1.82) is 5.26 Å². The molecule has 0 unspecified atom stereocenters. The predicted molar refractivity (Wildman–Crippen MR) is 107 cm³/mol. The summed E-state index contributed by atoms with van der Waals surface area (Å²) in [6.07, 6.45) is 1.46. The van der Waals surface area contributed by atoms with Gasteiger partial charge in [0.2, 0.25) is 5.95 Å². The maximum absolute atomic E-state index is 12.6.